The predicted molar refractivity (Wildman–Crippen MR) is 85.3 cm³/mol. The second kappa shape index (κ2) is 5.94. The first kappa shape index (κ1) is 14.2. The van der Waals surface area contributed by atoms with Crippen molar-refractivity contribution in [2.24, 2.45) is 11.1 Å². The van der Waals surface area contributed by atoms with Gasteiger partial charge in [0.15, 0.2) is 5.78 Å². The molecule has 2 aromatic rings. The molecule has 110 valence electrons. The second-order valence-corrected chi connectivity index (χ2v) is 6.28. The van der Waals surface area contributed by atoms with E-state index < -0.39 is 0 Å². The normalized spacial score (nSPS) is 17.8. The van der Waals surface area contributed by atoms with Crippen molar-refractivity contribution >= 4 is 16.7 Å². The van der Waals surface area contributed by atoms with Crippen LogP contribution in [0.4, 0.5) is 0 Å². The Kier molecular flexibility index (Phi) is 4.02. The number of carbonyl (C=O) groups is 1. The number of rotatable bonds is 4. The van der Waals surface area contributed by atoms with E-state index in [0.717, 1.165) is 29.3 Å². The number of aromatic nitrogens is 1. The van der Waals surface area contributed by atoms with Crippen molar-refractivity contribution in [3.63, 3.8) is 0 Å². The van der Waals surface area contributed by atoms with Gasteiger partial charge in [-0.25, -0.2) is 0 Å². The van der Waals surface area contributed by atoms with Crippen LogP contribution in [0.1, 0.15) is 48.9 Å². The van der Waals surface area contributed by atoms with E-state index in [1.54, 1.807) is 6.20 Å². The summed E-state index contributed by atoms with van der Waals surface area (Å²) in [4.78, 5) is 17.0. The maximum atomic E-state index is 12.6. The van der Waals surface area contributed by atoms with Gasteiger partial charge < -0.3 is 5.73 Å². The lowest BCUT2D eigenvalue weighted by atomic mass is 9.70. The molecule has 3 nitrogen and oxygen atoms in total. The lowest BCUT2D eigenvalue weighted by Gasteiger charge is -2.35. The standard InChI is InChI=1S/C18H22N2O/c19-13-18(8-2-1-3-9-18)12-17(21)15-7-6-14-5-4-10-20-16(14)11-15/h4-7,10-11H,1-3,8-9,12-13,19H2. The molecule has 1 aromatic carbocycles. The maximum Gasteiger partial charge on any atom is 0.163 e. The van der Waals surface area contributed by atoms with Crippen LogP contribution in [0.3, 0.4) is 0 Å². The fourth-order valence-corrected chi connectivity index (χ4v) is 3.44. The van der Waals surface area contributed by atoms with Crippen molar-refractivity contribution in [3.05, 3.63) is 42.1 Å². The van der Waals surface area contributed by atoms with Gasteiger partial charge in [0.2, 0.25) is 0 Å². The van der Waals surface area contributed by atoms with Gasteiger partial charge in [-0.15, -0.1) is 0 Å². The van der Waals surface area contributed by atoms with Crippen LogP contribution in [0.2, 0.25) is 0 Å². The maximum absolute atomic E-state index is 12.6. The topological polar surface area (TPSA) is 56.0 Å². The molecule has 3 rings (SSSR count). The Hall–Kier alpha value is -1.74. The molecular formula is C18H22N2O. The van der Waals surface area contributed by atoms with Crippen LogP contribution in [0.25, 0.3) is 10.9 Å². The molecule has 1 saturated carbocycles. The highest BCUT2D eigenvalue weighted by atomic mass is 16.1. The summed E-state index contributed by atoms with van der Waals surface area (Å²) in [5, 5.41) is 1.07. The van der Waals surface area contributed by atoms with Crippen molar-refractivity contribution < 1.29 is 4.79 Å². The summed E-state index contributed by atoms with van der Waals surface area (Å²) in [6, 6.07) is 9.73. The summed E-state index contributed by atoms with van der Waals surface area (Å²) in [5.41, 5.74) is 7.66. The largest absolute Gasteiger partial charge is 0.330 e. The molecule has 1 aliphatic carbocycles. The molecule has 1 aromatic heterocycles. The van der Waals surface area contributed by atoms with Crippen LogP contribution in [0.5, 0.6) is 0 Å². The number of benzene rings is 1. The summed E-state index contributed by atoms with van der Waals surface area (Å²) >= 11 is 0. The van der Waals surface area contributed by atoms with Gasteiger partial charge in [-0.05, 0) is 36.9 Å². The molecule has 0 aliphatic heterocycles. The summed E-state index contributed by atoms with van der Waals surface area (Å²) in [7, 11) is 0. The Balaban J connectivity index is 1.82. The van der Waals surface area contributed by atoms with Crippen LogP contribution in [0.15, 0.2) is 36.5 Å². The lowest BCUT2D eigenvalue weighted by Crippen LogP contribution is -2.35. The van der Waals surface area contributed by atoms with E-state index in [0.29, 0.717) is 13.0 Å². The highest BCUT2D eigenvalue weighted by Crippen LogP contribution is 2.39. The van der Waals surface area contributed by atoms with Gasteiger partial charge in [0, 0.05) is 23.6 Å². The Morgan fingerprint density at radius 3 is 2.76 bits per heavy atom. The number of hydrogen-bond donors (Lipinski definition) is 1. The minimum Gasteiger partial charge on any atom is -0.330 e. The number of fused-ring (bicyclic) bond motifs is 1. The summed E-state index contributed by atoms with van der Waals surface area (Å²) in [6.45, 7) is 0.616. The van der Waals surface area contributed by atoms with Crippen LogP contribution in [-0.4, -0.2) is 17.3 Å². The molecule has 0 atom stereocenters. The Bertz CT molecular complexity index is 644. The molecule has 0 bridgehead atoms. The first-order chi connectivity index (χ1) is 10.2. The quantitative estimate of drug-likeness (QED) is 0.870. The van der Waals surface area contributed by atoms with E-state index >= 15 is 0 Å². The monoisotopic (exact) mass is 282 g/mol. The van der Waals surface area contributed by atoms with E-state index in [1.165, 1.54) is 19.3 Å². The first-order valence-corrected chi connectivity index (χ1v) is 7.81. The molecule has 0 unspecified atom stereocenters. The van der Waals surface area contributed by atoms with Crippen molar-refractivity contribution in [3.8, 4) is 0 Å². The Morgan fingerprint density at radius 2 is 2.00 bits per heavy atom. The van der Waals surface area contributed by atoms with Crippen molar-refractivity contribution in [1.82, 2.24) is 4.98 Å². The van der Waals surface area contributed by atoms with Crippen molar-refractivity contribution in [1.29, 1.82) is 0 Å². The lowest BCUT2D eigenvalue weighted by molar-refractivity contribution is 0.0868. The van der Waals surface area contributed by atoms with E-state index in [9.17, 15) is 4.79 Å². The molecule has 0 spiro atoms. The summed E-state index contributed by atoms with van der Waals surface area (Å²) in [6.07, 6.45) is 8.17. The number of ketones is 1. The molecule has 0 saturated heterocycles. The molecule has 1 heterocycles. The molecule has 2 N–H and O–H groups in total. The molecule has 0 amide bonds. The molecule has 1 fully saturated rings. The van der Waals surface area contributed by atoms with Gasteiger partial charge in [-0.3, -0.25) is 9.78 Å². The third kappa shape index (κ3) is 2.98. The Morgan fingerprint density at radius 1 is 1.19 bits per heavy atom. The SMILES string of the molecule is NCC1(CC(=O)c2ccc3cccnc3c2)CCCCC1. The number of nitrogens with zero attached hydrogens (tertiary/aromatic N) is 1. The fraction of sp³-hybridized carbons (Fsp3) is 0.444. The third-order valence-corrected chi connectivity index (χ3v) is 4.81. The van der Waals surface area contributed by atoms with E-state index in [1.807, 2.05) is 30.3 Å². The number of hydrogen-bond acceptors (Lipinski definition) is 3. The zero-order chi connectivity index (χ0) is 14.7. The van der Waals surface area contributed by atoms with E-state index in [4.69, 9.17) is 5.73 Å². The van der Waals surface area contributed by atoms with Crippen LogP contribution < -0.4 is 5.73 Å². The van der Waals surface area contributed by atoms with E-state index in [-0.39, 0.29) is 11.2 Å². The van der Waals surface area contributed by atoms with Gasteiger partial charge >= 0.3 is 0 Å². The van der Waals surface area contributed by atoms with Crippen LogP contribution in [-0.2, 0) is 0 Å². The number of pyridine rings is 1. The molecule has 21 heavy (non-hydrogen) atoms. The van der Waals surface area contributed by atoms with Crippen molar-refractivity contribution in [2.45, 2.75) is 38.5 Å². The first-order valence-electron chi connectivity index (χ1n) is 7.81. The third-order valence-electron chi connectivity index (χ3n) is 4.81. The van der Waals surface area contributed by atoms with Gasteiger partial charge in [0.1, 0.15) is 0 Å². The van der Waals surface area contributed by atoms with Gasteiger partial charge in [0.25, 0.3) is 0 Å². The highest BCUT2D eigenvalue weighted by Gasteiger charge is 2.33. The molecule has 3 heteroatoms. The number of Topliss-reactive ketones (excluding diaryl/α,β-unsaturated/α-hetero) is 1. The van der Waals surface area contributed by atoms with E-state index in [2.05, 4.69) is 4.98 Å². The van der Waals surface area contributed by atoms with Crippen LogP contribution >= 0.6 is 0 Å². The van der Waals surface area contributed by atoms with Crippen LogP contribution in [0, 0.1) is 5.41 Å². The van der Waals surface area contributed by atoms with Gasteiger partial charge in [-0.2, -0.15) is 0 Å². The zero-order valence-corrected chi connectivity index (χ0v) is 12.3. The average molecular weight is 282 g/mol. The zero-order valence-electron chi connectivity index (χ0n) is 12.3. The number of nitrogens with two attached hydrogens (primary N) is 1. The summed E-state index contributed by atoms with van der Waals surface area (Å²) in [5.74, 6) is 0.204. The van der Waals surface area contributed by atoms with Gasteiger partial charge in [-0.1, -0.05) is 37.5 Å². The number of carbonyl (C=O) groups excluding carboxylic acids is 1. The molecule has 1 aliphatic rings. The highest BCUT2D eigenvalue weighted by molar-refractivity contribution is 5.99. The van der Waals surface area contributed by atoms with Gasteiger partial charge in [0.05, 0.1) is 5.52 Å². The minimum atomic E-state index is 0.0222. The second-order valence-electron chi connectivity index (χ2n) is 6.28. The fourth-order valence-electron chi connectivity index (χ4n) is 3.44. The molecule has 0 radical (unpaired) electrons. The predicted octanol–water partition coefficient (Wildman–Crippen LogP) is 3.72. The molecular weight excluding hydrogens is 260 g/mol. The summed E-state index contributed by atoms with van der Waals surface area (Å²) < 4.78 is 0. The Labute approximate surface area is 125 Å². The minimum absolute atomic E-state index is 0.0222. The smallest absolute Gasteiger partial charge is 0.163 e. The van der Waals surface area contributed by atoms with Crippen molar-refractivity contribution in [2.75, 3.05) is 6.54 Å². The average Bonchev–Trinajstić information content (AvgIpc) is 2.55.